The number of alkyl halides is 2. The smallest absolute Gasteiger partial charge is 0.317 e. The monoisotopic (exact) mass is 392 g/mol. The molecular weight excluding hydrogens is 377 g/mol. The topological polar surface area (TPSA) is 86.0 Å². The lowest BCUT2D eigenvalue weighted by Crippen LogP contribution is -2.23. The van der Waals surface area contributed by atoms with Gasteiger partial charge in [0.25, 0.3) is 12.3 Å². The summed E-state index contributed by atoms with van der Waals surface area (Å²) in [6.45, 7) is -0.0670. The molecule has 0 fully saturated rings. The van der Waals surface area contributed by atoms with Crippen molar-refractivity contribution in [3.63, 3.8) is 0 Å². The number of benzene rings is 1. The van der Waals surface area contributed by atoms with Gasteiger partial charge in [-0.25, -0.2) is 22.8 Å². The van der Waals surface area contributed by atoms with Crippen molar-refractivity contribution in [3.8, 4) is 11.7 Å². The van der Waals surface area contributed by atoms with E-state index < -0.39 is 17.8 Å². The average molecular weight is 392 g/mol. The predicted molar refractivity (Wildman–Crippen MR) is 90.7 cm³/mol. The Labute approximate surface area is 157 Å². The SMILES string of the molecule is CN(C)C(=O)c1ccnc(OCc2cn(-c3ccc(F)c(C(F)F)c3)nn2)n1. The lowest BCUT2D eigenvalue weighted by atomic mass is 10.2. The first-order valence-electron chi connectivity index (χ1n) is 8.02. The number of hydrogen-bond donors (Lipinski definition) is 0. The number of halogens is 3. The number of carbonyl (C=O) groups is 1. The molecule has 0 unspecified atom stereocenters. The Bertz CT molecular complexity index is 993. The van der Waals surface area contributed by atoms with Gasteiger partial charge in [0, 0.05) is 20.3 Å². The molecule has 0 saturated heterocycles. The fraction of sp³-hybridized carbons (Fsp3) is 0.235. The van der Waals surface area contributed by atoms with Crippen molar-refractivity contribution >= 4 is 5.91 Å². The number of ether oxygens (including phenoxy) is 1. The van der Waals surface area contributed by atoms with E-state index >= 15 is 0 Å². The van der Waals surface area contributed by atoms with Gasteiger partial charge in [0.1, 0.15) is 23.8 Å². The summed E-state index contributed by atoms with van der Waals surface area (Å²) < 4.78 is 45.7. The highest BCUT2D eigenvalue weighted by Crippen LogP contribution is 2.24. The van der Waals surface area contributed by atoms with Crippen LogP contribution < -0.4 is 4.74 Å². The summed E-state index contributed by atoms with van der Waals surface area (Å²) >= 11 is 0. The van der Waals surface area contributed by atoms with Crippen LogP contribution in [0.2, 0.25) is 0 Å². The zero-order chi connectivity index (χ0) is 20.3. The maximum absolute atomic E-state index is 13.4. The van der Waals surface area contributed by atoms with Gasteiger partial charge in [-0.2, -0.15) is 4.98 Å². The van der Waals surface area contributed by atoms with Crippen LogP contribution >= 0.6 is 0 Å². The molecular formula is C17H15F3N6O2. The lowest BCUT2D eigenvalue weighted by molar-refractivity contribution is 0.0820. The third kappa shape index (κ3) is 4.24. The first kappa shape index (κ1) is 19.3. The molecule has 0 radical (unpaired) electrons. The highest BCUT2D eigenvalue weighted by molar-refractivity contribution is 5.91. The van der Waals surface area contributed by atoms with Gasteiger partial charge < -0.3 is 9.64 Å². The van der Waals surface area contributed by atoms with Crippen molar-refractivity contribution in [2.75, 3.05) is 14.1 Å². The summed E-state index contributed by atoms with van der Waals surface area (Å²) in [5, 5.41) is 7.68. The van der Waals surface area contributed by atoms with Crippen LogP contribution in [0.25, 0.3) is 5.69 Å². The zero-order valence-corrected chi connectivity index (χ0v) is 14.9. The van der Waals surface area contributed by atoms with Crippen molar-refractivity contribution in [1.82, 2.24) is 29.9 Å². The number of nitrogens with zero attached hydrogens (tertiary/aromatic N) is 6. The van der Waals surface area contributed by atoms with E-state index in [0.717, 1.165) is 12.1 Å². The van der Waals surface area contributed by atoms with E-state index in [1.54, 1.807) is 14.1 Å². The molecule has 146 valence electrons. The second kappa shape index (κ2) is 8.03. The van der Waals surface area contributed by atoms with Gasteiger partial charge in [-0.05, 0) is 24.3 Å². The van der Waals surface area contributed by atoms with E-state index in [0.29, 0.717) is 5.69 Å². The summed E-state index contributed by atoms with van der Waals surface area (Å²) in [4.78, 5) is 21.2. The molecule has 1 aromatic carbocycles. The second-order valence-corrected chi connectivity index (χ2v) is 5.87. The Kier molecular flexibility index (Phi) is 5.52. The van der Waals surface area contributed by atoms with Crippen molar-refractivity contribution in [2.24, 2.45) is 0 Å². The van der Waals surface area contributed by atoms with Crippen LogP contribution in [-0.4, -0.2) is 49.9 Å². The molecule has 0 aliphatic carbocycles. The minimum Gasteiger partial charge on any atom is -0.457 e. The minimum absolute atomic E-state index is 0.0241. The third-order valence-corrected chi connectivity index (χ3v) is 3.63. The van der Waals surface area contributed by atoms with E-state index in [1.807, 2.05) is 0 Å². The van der Waals surface area contributed by atoms with Crippen LogP contribution in [0.4, 0.5) is 13.2 Å². The van der Waals surface area contributed by atoms with Crippen molar-refractivity contribution in [2.45, 2.75) is 13.0 Å². The molecule has 2 heterocycles. The standard InChI is InChI=1S/C17H15F3N6O2/c1-25(2)16(27)14-5-6-21-17(22-14)28-9-10-8-26(24-23-10)11-3-4-13(18)12(7-11)15(19)20/h3-8,15H,9H2,1-2H3. The Morgan fingerprint density at radius 1 is 1.29 bits per heavy atom. The predicted octanol–water partition coefficient (Wildman–Crippen LogP) is 2.41. The lowest BCUT2D eigenvalue weighted by Gasteiger charge is -2.09. The Balaban J connectivity index is 1.71. The van der Waals surface area contributed by atoms with Crippen LogP contribution in [0.3, 0.4) is 0 Å². The van der Waals surface area contributed by atoms with Gasteiger partial charge in [0.05, 0.1) is 17.4 Å². The summed E-state index contributed by atoms with van der Waals surface area (Å²) in [6, 6.07) is 4.68. The van der Waals surface area contributed by atoms with Crippen molar-refractivity contribution < 1.29 is 22.7 Å². The number of aromatic nitrogens is 5. The first-order chi connectivity index (χ1) is 13.3. The number of carbonyl (C=O) groups excluding carboxylic acids is 1. The van der Waals surface area contributed by atoms with Gasteiger partial charge >= 0.3 is 6.01 Å². The molecule has 0 bridgehead atoms. The average Bonchev–Trinajstić information content (AvgIpc) is 3.15. The third-order valence-electron chi connectivity index (χ3n) is 3.63. The molecule has 3 rings (SSSR count). The molecule has 0 aliphatic heterocycles. The fourth-order valence-corrected chi connectivity index (χ4v) is 2.23. The summed E-state index contributed by atoms with van der Waals surface area (Å²) in [5.41, 5.74) is 0.0345. The maximum atomic E-state index is 13.4. The van der Waals surface area contributed by atoms with Crippen LogP contribution in [-0.2, 0) is 6.61 Å². The number of amides is 1. The van der Waals surface area contributed by atoms with Crippen molar-refractivity contribution in [1.29, 1.82) is 0 Å². The van der Waals surface area contributed by atoms with Crippen LogP contribution in [0.1, 0.15) is 28.2 Å². The molecule has 0 atom stereocenters. The largest absolute Gasteiger partial charge is 0.457 e. The van der Waals surface area contributed by atoms with Crippen LogP contribution in [0.5, 0.6) is 6.01 Å². The van der Waals surface area contributed by atoms with Crippen LogP contribution in [0.15, 0.2) is 36.7 Å². The van der Waals surface area contributed by atoms with E-state index in [4.69, 9.17) is 4.74 Å². The second-order valence-electron chi connectivity index (χ2n) is 5.87. The molecule has 1 amide bonds. The van der Waals surface area contributed by atoms with E-state index in [1.165, 1.54) is 34.1 Å². The fourth-order valence-electron chi connectivity index (χ4n) is 2.23. The van der Waals surface area contributed by atoms with E-state index in [9.17, 15) is 18.0 Å². The molecule has 0 spiro atoms. The molecule has 11 heteroatoms. The highest BCUT2D eigenvalue weighted by Gasteiger charge is 2.15. The normalized spacial score (nSPS) is 10.9. The summed E-state index contributed by atoms with van der Waals surface area (Å²) in [7, 11) is 3.19. The van der Waals surface area contributed by atoms with Gasteiger partial charge in [-0.3, -0.25) is 4.79 Å². The first-order valence-corrected chi connectivity index (χ1v) is 8.02. The van der Waals surface area contributed by atoms with Gasteiger partial charge in [-0.1, -0.05) is 5.21 Å². The molecule has 0 aliphatic rings. The highest BCUT2D eigenvalue weighted by atomic mass is 19.3. The molecule has 2 aromatic heterocycles. The zero-order valence-electron chi connectivity index (χ0n) is 14.9. The molecule has 8 nitrogen and oxygen atoms in total. The van der Waals surface area contributed by atoms with Gasteiger partial charge in [-0.15, -0.1) is 5.10 Å². The quantitative estimate of drug-likeness (QED) is 0.640. The molecule has 0 N–H and O–H groups in total. The van der Waals surface area contributed by atoms with E-state index in [2.05, 4.69) is 20.3 Å². The summed E-state index contributed by atoms with van der Waals surface area (Å²) in [6.07, 6.45) is -0.113. The Hall–Kier alpha value is -3.50. The van der Waals surface area contributed by atoms with Gasteiger partial charge in [0.2, 0.25) is 0 Å². The van der Waals surface area contributed by atoms with Crippen molar-refractivity contribution in [3.05, 3.63) is 59.4 Å². The maximum Gasteiger partial charge on any atom is 0.317 e. The van der Waals surface area contributed by atoms with Crippen LogP contribution in [0, 0.1) is 5.82 Å². The molecule has 3 aromatic rings. The molecule has 28 heavy (non-hydrogen) atoms. The summed E-state index contributed by atoms with van der Waals surface area (Å²) in [5.74, 6) is -1.30. The minimum atomic E-state index is -2.94. The van der Waals surface area contributed by atoms with Gasteiger partial charge in [0.15, 0.2) is 0 Å². The van der Waals surface area contributed by atoms with E-state index in [-0.39, 0.29) is 29.9 Å². The Morgan fingerprint density at radius 2 is 2.07 bits per heavy atom. The molecule has 0 saturated carbocycles. The number of rotatable bonds is 6. The number of hydrogen-bond acceptors (Lipinski definition) is 6. The Morgan fingerprint density at radius 3 is 2.79 bits per heavy atom.